The summed E-state index contributed by atoms with van der Waals surface area (Å²) in [6, 6.07) is 7.18. The van der Waals surface area contributed by atoms with Crippen LogP contribution in [0, 0.1) is 11.3 Å². The minimum absolute atomic E-state index is 0.197. The lowest BCUT2D eigenvalue weighted by molar-refractivity contribution is 0.00578. The summed E-state index contributed by atoms with van der Waals surface area (Å²) in [4.78, 5) is 13.5. The van der Waals surface area contributed by atoms with E-state index in [-0.39, 0.29) is 5.91 Å². The van der Waals surface area contributed by atoms with Gasteiger partial charge in [0.25, 0.3) is 5.91 Å². The fourth-order valence-corrected chi connectivity index (χ4v) is 2.21. The van der Waals surface area contributed by atoms with E-state index in [0.29, 0.717) is 11.1 Å². The lowest BCUT2D eigenvalue weighted by Crippen LogP contribution is -2.41. The fourth-order valence-electron chi connectivity index (χ4n) is 2.21. The van der Waals surface area contributed by atoms with Gasteiger partial charge in [-0.05, 0) is 45.3 Å². The molecule has 0 unspecified atom stereocenters. The minimum atomic E-state index is -0.541. The number of benzene rings is 1. The lowest BCUT2D eigenvalue weighted by atomic mass is 9.77. The van der Waals surface area contributed by atoms with Crippen molar-refractivity contribution in [2.45, 2.75) is 38.9 Å². The number of carbonyl (C=O) groups excluding carboxylic acids is 1. The Morgan fingerprint density at radius 1 is 1.18 bits per heavy atom. The summed E-state index contributed by atoms with van der Waals surface area (Å²) in [5.41, 5.74) is 0.565. The zero-order valence-corrected chi connectivity index (χ0v) is 13.9. The highest BCUT2D eigenvalue weighted by Crippen LogP contribution is 2.36. The molecule has 6 heteroatoms. The molecule has 1 aliphatic heterocycles. The zero-order chi connectivity index (χ0) is 16.7. The average molecular weight is 300 g/mol. The van der Waals surface area contributed by atoms with Crippen molar-refractivity contribution in [3.05, 3.63) is 29.3 Å². The van der Waals surface area contributed by atoms with Gasteiger partial charge < -0.3 is 14.2 Å². The van der Waals surface area contributed by atoms with E-state index in [9.17, 15) is 10.1 Å². The van der Waals surface area contributed by atoms with E-state index in [4.69, 9.17) is 9.31 Å². The highest BCUT2D eigenvalue weighted by molar-refractivity contribution is 6.62. The molecule has 0 saturated carbocycles. The second-order valence-corrected chi connectivity index (χ2v) is 6.70. The molecule has 0 spiro atoms. The van der Waals surface area contributed by atoms with Crippen LogP contribution in [0.1, 0.15) is 43.6 Å². The molecule has 0 radical (unpaired) electrons. The van der Waals surface area contributed by atoms with Crippen molar-refractivity contribution in [2.24, 2.45) is 0 Å². The van der Waals surface area contributed by atoms with Crippen LogP contribution in [0.4, 0.5) is 0 Å². The first-order chi connectivity index (χ1) is 10.1. The minimum Gasteiger partial charge on any atom is -0.399 e. The van der Waals surface area contributed by atoms with E-state index in [1.165, 1.54) is 4.90 Å². The number of carbonyl (C=O) groups is 1. The van der Waals surface area contributed by atoms with E-state index in [0.717, 1.165) is 5.46 Å². The van der Waals surface area contributed by atoms with Crippen LogP contribution in [0.25, 0.3) is 0 Å². The molecular formula is C16H21BN2O3. The Morgan fingerprint density at radius 2 is 1.73 bits per heavy atom. The highest BCUT2D eigenvalue weighted by atomic mass is 16.7. The second kappa shape index (κ2) is 5.42. The number of amides is 1. The highest BCUT2D eigenvalue weighted by Gasteiger charge is 2.51. The monoisotopic (exact) mass is 300 g/mol. The maximum Gasteiger partial charge on any atom is 0.494 e. The summed E-state index contributed by atoms with van der Waals surface area (Å²) in [5, 5.41) is 9.32. The van der Waals surface area contributed by atoms with Crippen LogP contribution in [0.3, 0.4) is 0 Å². The molecule has 1 fully saturated rings. The Morgan fingerprint density at radius 3 is 2.18 bits per heavy atom. The van der Waals surface area contributed by atoms with Crippen molar-refractivity contribution in [1.82, 2.24) is 4.90 Å². The predicted molar refractivity (Wildman–Crippen MR) is 84.9 cm³/mol. The number of nitriles is 1. The summed E-state index contributed by atoms with van der Waals surface area (Å²) in [7, 11) is 2.78. The van der Waals surface area contributed by atoms with Crippen LogP contribution >= 0.6 is 0 Å². The van der Waals surface area contributed by atoms with Crippen LogP contribution in [0.15, 0.2) is 18.2 Å². The third-order valence-electron chi connectivity index (χ3n) is 4.33. The Labute approximate surface area is 132 Å². The molecule has 5 nitrogen and oxygen atoms in total. The van der Waals surface area contributed by atoms with Gasteiger partial charge in [-0.25, -0.2) is 0 Å². The Bertz CT molecular complexity index is 631. The topological polar surface area (TPSA) is 62.6 Å². The molecule has 1 saturated heterocycles. The van der Waals surface area contributed by atoms with E-state index in [1.807, 2.05) is 27.7 Å². The molecule has 0 atom stereocenters. The van der Waals surface area contributed by atoms with Crippen LogP contribution < -0.4 is 5.46 Å². The maximum absolute atomic E-state index is 12.1. The SMILES string of the molecule is CN(C)C(=O)c1ccc(B2OC(C)(C)C(C)(C)O2)cc1C#N. The van der Waals surface area contributed by atoms with Gasteiger partial charge in [0.2, 0.25) is 0 Å². The van der Waals surface area contributed by atoms with Gasteiger partial charge in [-0.2, -0.15) is 5.26 Å². The molecule has 2 rings (SSSR count). The van der Waals surface area contributed by atoms with Crippen molar-refractivity contribution < 1.29 is 14.1 Å². The number of hydrogen-bond donors (Lipinski definition) is 0. The lowest BCUT2D eigenvalue weighted by Gasteiger charge is -2.32. The molecule has 0 aromatic heterocycles. The van der Waals surface area contributed by atoms with Crippen molar-refractivity contribution in [2.75, 3.05) is 14.1 Å². The molecule has 1 aromatic carbocycles. The smallest absolute Gasteiger partial charge is 0.399 e. The van der Waals surface area contributed by atoms with E-state index in [2.05, 4.69) is 6.07 Å². The third-order valence-corrected chi connectivity index (χ3v) is 4.33. The van der Waals surface area contributed by atoms with Gasteiger partial charge in [-0.3, -0.25) is 4.79 Å². The molecule has 1 aliphatic rings. The Kier molecular flexibility index (Phi) is 4.07. The second-order valence-electron chi connectivity index (χ2n) is 6.70. The van der Waals surface area contributed by atoms with Crippen molar-refractivity contribution >= 4 is 18.5 Å². The molecule has 116 valence electrons. The summed E-state index contributed by atoms with van der Waals surface area (Å²) in [6.07, 6.45) is 0. The van der Waals surface area contributed by atoms with Gasteiger partial charge in [0.05, 0.1) is 28.4 Å². The molecule has 0 bridgehead atoms. The van der Waals surface area contributed by atoms with Crippen LogP contribution in [0.5, 0.6) is 0 Å². The first-order valence-corrected chi connectivity index (χ1v) is 7.20. The van der Waals surface area contributed by atoms with Gasteiger partial charge in [0.15, 0.2) is 0 Å². The van der Waals surface area contributed by atoms with Gasteiger partial charge in [-0.1, -0.05) is 6.07 Å². The first kappa shape index (κ1) is 16.5. The molecule has 22 heavy (non-hydrogen) atoms. The summed E-state index contributed by atoms with van der Waals surface area (Å²) >= 11 is 0. The maximum atomic E-state index is 12.1. The van der Waals surface area contributed by atoms with Gasteiger partial charge in [0.1, 0.15) is 0 Å². The Balaban J connectivity index is 2.37. The predicted octanol–water partition coefficient (Wildman–Crippen LogP) is 1.56. The molecular weight excluding hydrogens is 279 g/mol. The molecule has 1 aromatic rings. The van der Waals surface area contributed by atoms with Crippen LogP contribution in [-0.4, -0.2) is 43.2 Å². The Hall–Kier alpha value is -1.84. The van der Waals surface area contributed by atoms with Gasteiger partial charge >= 0.3 is 7.12 Å². The standard InChI is InChI=1S/C16H21BN2O3/c1-15(2)16(3,4)22-17(21-15)12-7-8-13(11(9-12)10-18)14(20)19(5)6/h7-9H,1-6H3. The summed E-state index contributed by atoms with van der Waals surface area (Å²) in [6.45, 7) is 7.90. The van der Waals surface area contributed by atoms with Crippen molar-refractivity contribution in [3.8, 4) is 6.07 Å². The summed E-state index contributed by atoms with van der Waals surface area (Å²) < 4.78 is 11.9. The quantitative estimate of drug-likeness (QED) is 0.778. The molecule has 0 N–H and O–H groups in total. The van der Waals surface area contributed by atoms with Crippen LogP contribution in [-0.2, 0) is 9.31 Å². The molecule has 1 amide bonds. The third kappa shape index (κ3) is 2.74. The van der Waals surface area contributed by atoms with Gasteiger partial charge in [0, 0.05) is 14.1 Å². The molecule has 1 heterocycles. The van der Waals surface area contributed by atoms with Crippen molar-refractivity contribution in [3.63, 3.8) is 0 Å². The largest absolute Gasteiger partial charge is 0.494 e. The number of nitrogens with zero attached hydrogens (tertiary/aromatic N) is 2. The van der Waals surface area contributed by atoms with E-state index in [1.54, 1.807) is 32.3 Å². The average Bonchev–Trinajstić information content (AvgIpc) is 2.65. The van der Waals surface area contributed by atoms with Crippen molar-refractivity contribution in [1.29, 1.82) is 5.26 Å². The number of rotatable bonds is 2. The first-order valence-electron chi connectivity index (χ1n) is 7.20. The summed E-state index contributed by atoms with van der Waals surface area (Å²) in [5.74, 6) is -0.197. The number of hydrogen-bond acceptors (Lipinski definition) is 4. The van der Waals surface area contributed by atoms with E-state index < -0.39 is 18.3 Å². The van der Waals surface area contributed by atoms with Crippen LogP contribution in [0.2, 0.25) is 0 Å². The van der Waals surface area contributed by atoms with E-state index >= 15 is 0 Å². The fraction of sp³-hybridized carbons (Fsp3) is 0.500. The zero-order valence-electron chi connectivity index (χ0n) is 13.9. The van der Waals surface area contributed by atoms with Gasteiger partial charge in [-0.15, -0.1) is 0 Å². The normalized spacial score (nSPS) is 18.9. The molecule has 0 aliphatic carbocycles.